The van der Waals surface area contributed by atoms with E-state index in [4.69, 9.17) is 0 Å². The molecule has 0 atom stereocenters. The van der Waals surface area contributed by atoms with E-state index in [1.54, 1.807) is 0 Å². The van der Waals surface area contributed by atoms with Gasteiger partial charge in [0.25, 0.3) is 0 Å². The first-order chi connectivity index (χ1) is 11.6. The lowest BCUT2D eigenvalue weighted by molar-refractivity contribution is 0.274. The first kappa shape index (κ1) is 15.0. The molecule has 0 saturated carbocycles. The zero-order valence-corrected chi connectivity index (χ0v) is 13.9. The molecule has 0 amide bonds. The van der Waals surface area contributed by atoms with Crippen molar-refractivity contribution in [3.63, 3.8) is 0 Å². The van der Waals surface area contributed by atoms with E-state index < -0.39 is 5.41 Å². The highest BCUT2D eigenvalue weighted by Gasteiger charge is 2.42. The summed E-state index contributed by atoms with van der Waals surface area (Å²) >= 11 is 0. The standard InChI is InChI=1S/C22H20O2/c1-14-11-15(13-23)21(24)20(12-14)22(2)18-9-5-3-7-16(18)17-8-4-6-10-19(17)22/h3-12,23-24H,13H2,1-2H3. The maximum atomic E-state index is 10.8. The third-order valence-electron chi connectivity index (χ3n) is 5.26. The molecule has 0 fully saturated rings. The molecule has 0 bridgehead atoms. The van der Waals surface area contributed by atoms with Gasteiger partial charge in [0.2, 0.25) is 0 Å². The molecule has 0 aliphatic heterocycles. The number of aliphatic hydroxyl groups excluding tert-OH is 1. The number of aromatic hydroxyl groups is 1. The molecule has 2 N–H and O–H groups in total. The minimum atomic E-state index is -0.437. The fourth-order valence-corrected chi connectivity index (χ4v) is 4.10. The Kier molecular flexibility index (Phi) is 3.26. The van der Waals surface area contributed by atoms with Gasteiger partial charge in [-0.15, -0.1) is 0 Å². The van der Waals surface area contributed by atoms with Crippen molar-refractivity contribution < 1.29 is 10.2 Å². The Hall–Kier alpha value is -2.58. The van der Waals surface area contributed by atoms with Gasteiger partial charge >= 0.3 is 0 Å². The Labute approximate surface area is 142 Å². The normalized spacial score (nSPS) is 14.3. The van der Waals surface area contributed by atoms with E-state index in [1.807, 2.05) is 31.2 Å². The summed E-state index contributed by atoms with van der Waals surface area (Å²) < 4.78 is 0. The fraction of sp³-hybridized carbons (Fsp3) is 0.182. The summed E-state index contributed by atoms with van der Waals surface area (Å²) in [7, 11) is 0. The highest BCUT2D eigenvalue weighted by Crippen LogP contribution is 2.54. The van der Waals surface area contributed by atoms with Crippen molar-refractivity contribution in [2.45, 2.75) is 25.9 Å². The number of aliphatic hydroxyl groups is 1. The molecule has 0 saturated heterocycles. The molecule has 3 aromatic rings. The van der Waals surface area contributed by atoms with E-state index in [0.29, 0.717) is 5.56 Å². The second kappa shape index (κ2) is 5.22. The summed E-state index contributed by atoms with van der Waals surface area (Å²) in [6.07, 6.45) is 0. The largest absolute Gasteiger partial charge is 0.507 e. The predicted octanol–water partition coefficient (Wildman–Crippen LogP) is 4.53. The third-order valence-corrected chi connectivity index (χ3v) is 5.26. The van der Waals surface area contributed by atoms with E-state index in [0.717, 1.165) is 11.1 Å². The number of benzene rings is 3. The average molecular weight is 316 g/mol. The molecule has 3 aromatic carbocycles. The van der Waals surface area contributed by atoms with Crippen molar-refractivity contribution in [1.82, 2.24) is 0 Å². The van der Waals surface area contributed by atoms with Gasteiger partial charge in [0.05, 0.1) is 6.61 Å². The Morgan fingerprint density at radius 1 is 0.833 bits per heavy atom. The number of rotatable bonds is 2. The third kappa shape index (κ3) is 1.87. The van der Waals surface area contributed by atoms with Crippen LogP contribution in [0, 0.1) is 6.92 Å². The van der Waals surface area contributed by atoms with Gasteiger partial charge in [-0.25, -0.2) is 0 Å². The molecular formula is C22H20O2. The predicted molar refractivity (Wildman–Crippen MR) is 96.2 cm³/mol. The summed E-state index contributed by atoms with van der Waals surface area (Å²) in [4.78, 5) is 0. The van der Waals surface area contributed by atoms with Gasteiger partial charge in [-0.2, -0.15) is 0 Å². The van der Waals surface area contributed by atoms with Crippen LogP contribution in [0.2, 0.25) is 0 Å². The van der Waals surface area contributed by atoms with Gasteiger partial charge in [0.1, 0.15) is 5.75 Å². The Bertz CT molecular complexity index is 895. The molecule has 0 heterocycles. The highest BCUT2D eigenvalue weighted by molar-refractivity contribution is 5.83. The van der Waals surface area contributed by atoms with Gasteiger partial charge in [-0.3, -0.25) is 0 Å². The molecule has 120 valence electrons. The van der Waals surface area contributed by atoms with Gasteiger partial charge < -0.3 is 10.2 Å². The van der Waals surface area contributed by atoms with Crippen LogP contribution < -0.4 is 0 Å². The van der Waals surface area contributed by atoms with E-state index in [9.17, 15) is 10.2 Å². The van der Waals surface area contributed by atoms with E-state index >= 15 is 0 Å². The van der Waals surface area contributed by atoms with Crippen molar-refractivity contribution >= 4 is 0 Å². The first-order valence-corrected chi connectivity index (χ1v) is 8.20. The minimum absolute atomic E-state index is 0.167. The number of phenols is 1. The van der Waals surface area contributed by atoms with Crippen molar-refractivity contribution in [3.8, 4) is 16.9 Å². The molecule has 0 spiro atoms. The average Bonchev–Trinajstić information content (AvgIpc) is 2.87. The summed E-state index contributed by atoms with van der Waals surface area (Å²) in [5, 5.41) is 20.5. The number of hydrogen-bond donors (Lipinski definition) is 2. The molecule has 1 aliphatic carbocycles. The Morgan fingerprint density at radius 2 is 1.38 bits per heavy atom. The van der Waals surface area contributed by atoms with Crippen molar-refractivity contribution in [2.24, 2.45) is 0 Å². The molecule has 0 unspecified atom stereocenters. The topological polar surface area (TPSA) is 40.5 Å². The van der Waals surface area contributed by atoms with E-state index in [1.165, 1.54) is 22.3 Å². The van der Waals surface area contributed by atoms with Crippen LogP contribution in [0.25, 0.3) is 11.1 Å². The second-order valence-corrected chi connectivity index (χ2v) is 6.69. The van der Waals surface area contributed by atoms with Crippen LogP contribution in [0.4, 0.5) is 0 Å². The quantitative estimate of drug-likeness (QED) is 0.729. The van der Waals surface area contributed by atoms with Crippen molar-refractivity contribution in [3.05, 3.63) is 88.5 Å². The molecule has 4 rings (SSSR count). The van der Waals surface area contributed by atoms with Crippen molar-refractivity contribution in [1.29, 1.82) is 0 Å². The molecule has 2 heteroatoms. The van der Waals surface area contributed by atoms with Crippen LogP contribution in [0.5, 0.6) is 5.75 Å². The van der Waals surface area contributed by atoms with Gasteiger partial charge in [-0.05, 0) is 36.1 Å². The van der Waals surface area contributed by atoms with Crippen LogP contribution in [-0.4, -0.2) is 10.2 Å². The zero-order valence-electron chi connectivity index (χ0n) is 13.9. The van der Waals surface area contributed by atoms with Gasteiger partial charge in [0, 0.05) is 16.5 Å². The first-order valence-electron chi connectivity index (χ1n) is 8.20. The number of fused-ring (bicyclic) bond motifs is 3. The zero-order chi connectivity index (χ0) is 16.9. The van der Waals surface area contributed by atoms with Crippen LogP contribution in [0.3, 0.4) is 0 Å². The van der Waals surface area contributed by atoms with Gasteiger partial charge in [-0.1, -0.05) is 66.2 Å². The van der Waals surface area contributed by atoms with Crippen LogP contribution >= 0.6 is 0 Å². The fourth-order valence-electron chi connectivity index (χ4n) is 4.10. The summed E-state index contributed by atoms with van der Waals surface area (Å²) in [6.45, 7) is 3.99. The number of hydrogen-bond acceptors (Lipinski definition) is 2. The summed E-state index contributed by atoms with van der Waals surface area (Å²) in [5.74, 6) is 0.192. The minimum Gasteiger partial charge on any atom is -0.507 e. The number of aryl methyl sites for hydroxylation is 1. The van der Waals surface area contributed by atoms with Gasteiger partial charge in [0.15, 0.2) is 0 Å². The summed E-state index contributed by atoms with van der Waals surface area (Å²) in [6, 6.07) is 20.6. The van der Waals surface area contributed by atoms with Crippen LogP contribution in [-0.2, 0) is 12.0 Å². The molecule has 1 aliphatic rings. The molecular weight excluding hydrogens is 296 g/mol. The Morgan fingerprint density at radius 3 is 1.92 bits per heavy atom. The van der Waals surface area contributed by atoms with E-state index in [-0.39, 0.29) is 12.4 Å². The Balaban J connectivity index is 2.10. The monoisotopic (exact) mass is 316 g/mol. The second-order valence-electron chi connectivity index (χ2n) is 6.69. The van der Waals surface area contributed by atoms with Crippen LogP contribution in [0.1, 0.15) is 34.7 Å². The molecule has 24 heavy (non-hydrogen) atoms. The molecule has 0 aromatic heterocycles. The SMILES string of the molecule is Cc1cc(CO)c(O)c(C2(C)c3ccccc3-c3ccccc32)c1. The van der Waals surface area contributed by atoms with E-state index in [2.05, 4.69) is 43.3 Å². The highest BCUT2D eigenvalue weighted by atomic mass is 16.3. The van der Waals surface area contributed by atoms with Crippen molar-refractivity contribution in [2.75, 3.05) is 0 Å². The smallest absolute Gasteiger partial charge is 0.125 e. The molecule has 2 nitrogen and oxygen atoms in total. The molecule has 0 radical (unpaired) electrons. The summed E-state index contributed by atoms with van der Waals surface area (Å²) in [5.41, 5.74) is 6.83. The lowest BCUT2D eigenvalue weighted by atomic mass is 9.73. The maximum Gasteiger partial charge on any atom is 0.125 e. The lowest BCUT2D eigenvalue weighted by Crippen LogP contribution is -2.23. The lowest BCUT2D eigenvalue weighted by Gasteiger charge is -2.30. The van der Waals surface area contributed by atoms with Crippen LogP contribution in [0.15, 0.2) is 60.7 Å². The maximum absolute atomic E-state index is 10.8.